The lowest BCUT2D eigenvalue weighted by molar-refractivity contribution is 0.416. The van der Waals surface area contributed by atoms with Crippen LogP contribution in [0.5, 0.6) is 5.75 Å². The van der Waals surface area contributed by atoms with Gasteiger partial charge < -0.3 is 14.9 Å². The summed E-state index contributed by atoms with van der Waals surface area (Å²) < 4.78 is 10.3. The van der Waals surface area contributed by atoms with Gasteiger partial charge in [-0.25, -0.2) is 4.98 Å². The van der Waals surface area contributed by atoms with Crippen molar-refractivity contribution < 1.29 is 9.15 Å². The number of methoxy groups -OCH3 is 1. The maximum Gasteiger partial charge on any atom is 0.229 e. The Hall–Kier alpha value is -1.97. The van der Waals surface area contributed by atoms with Crippen molar-refractivity contribution in [2.45, 2.75) is 0 Å². The molecule has 0 aliphatic heterocycles. The molecule has 0 unspecified atom stereocenters. The number of rotatable bonds is 2. The predicted molar refractivity (Wildman–Crippen MR) is 52.9 cm³/mol. The average molecular weight is 190 g/mol. The van der Waals surface area contributed by atoms with Gasteiger partial charge in [0, 0.05) is 0 Å². The normalized spacial score (nSPS) is 10.1. The molecule has 4 heteroatoms. The summed E-state index contributed by atoms with van der Waals surface area (Å²) in [5, 5.41) is 0. The number of hydrogen-bond donors (Lipinski definition) is 1. The second kappa shape index (κ2) is 3.41. The van der Waals surface area contributed by atoms with Gasteiger partial charge in [-0.3, -0.25) is 0 Å². The highest BCUT2D eigenvalue weighted by molar-refractivity contribution is 5.72. The van der Waals surface area contributed by atoms with Gasteiger partial charge in [-0.05, 0) is 12.1 Å². The Morgan fingerprint density at radius 1 is 1.43 bits per heavy atom. The molecule has 0 aliphatic rings. The molecule has 0 bridgehead atoms. The second-order valence-corrected chi connectivity index (χ2v) is 2.77. The van der Waals surface area contributed by atoms with Gasteiger partial charge in [-0.2, -0.15) is 0 Å². The highest BCUT2D eigenvalue weighted by Crippen LogP contribution is 2.33. The lowest BCUT2D eigenvalue weighted by Gasteiger charge is -2.07. The van der Waals surface area contributed by atoms with Crippen molar-refractivity contribution in [1.29, 1.82) is 0 Å². The standard InChI is InChI=1S/C10H10N2O2/c1-13-9-7(3-2-4-8(9)11)10-12-5-6-14-10/h2-6H,11H2,1H3. The Morgan fingerprint density at radius 2 is 2.29 bits per heavy atom. The Labute approximate surface area is 81.3 Å². The fraction of sp³-hybridized carbons (Fsp3) is 0.100. The monoisotopic (exact) mass is 190 g/mol. The molecule has 14 heavy (non-hydrogen) atoms. The quantitative estimate of drug-likeness (QED) is 0.735. The number of oxazole rings is 1. The first-order valence-electron chi connectivity index (χ1n) is 4.15. The van der Waals surface area contributed by atoms with Crippen LogP contribution < -0.4 is 10.5 Å². The number of nitrogens with zero attached hydrogens (tertiary/aromatic N) is 1. The minimum absolute atomic E-state index is 0.508. The number of aromatic nitrogens is 1. The van der Waals surface area contributed by atoms with E-state index in [1.54, 1.807) is 19.4 Å². The maximum absolute atomic E-state index is 5.74. The Morgan fingerprint density at radius 3 is 2.93 bits per heavy atom. The van der Waals surface area contributed by atoms with Crippen molar-refractivity contribution in [3.8, 4) is 17.2 Å². The molecule has 4 nitrogen and oxygen atoms in total. The molecule has 0 radical (unpaired) electrons. The summed E-state index contributed by atoms with van der Waals surface area (Å²) in [7, 11) is 1.57. The molecule has 2 rings (SSSR count). The summed E-state index contributed by atoms with van der Waals surface area (Å²) >= 11 is 0. The number of anilines is 1. The van der Waals surface area contributed by atoms with Crippen LogP contribution in [0, 0.1) is 0 Å². The number of nitrogens with two attached hydrogens (primary N) is 1. The van der Waals surface area contributed by atoms with E-state index in [9.17, 15) is 0 Å². The number of para-hydroxylation sites is 1. The molecule has 0 aliphatic carbocycles. The van der Waals surface area contributed by atoms with Crippen LogP contribution in [0.15, 0.2) is 35.1 Å². The zero-order valence-corrected chi connectivity index (χ0v) is 7.73. The summed E-state index contributed by atoms with van der Waals surface area (Å²) in [6.45, 7) is 0. The third kappa shape index (κ3) is 1.31. The molecule has 2 N–H and O–H groups in total. The molecule has 0 fully saturated rings. The number of benzene rings is 1. The summed E-state index contributed by atoms with van der Waals surface area (Å²) in [6.07, 6.45) is 3.09. The Kier molecular flexibility index (Phi) is 2.10. The fourth-order valence-electron chi connectivity index (χ4n) is 1.31. The SMILES string of the molecule is COc1c(N)cccc1-c1ncco1. The molecule has 0 spiro atoms. The molecular weight excluding hydrogens is 180 g/mol. The van der Waals surface area contributed by atoms with E-state index in [-0.39, 0.29) is 0 Å². The van der Waals surface area contributed by atoms with Crippen LogP contribution in [0.1, 0.15) is 0 Å². The molecule has 1 aromatic heterocycles. The third-order valence-corrected chi connectivity index (χ3v) is 1.91. The topological polar surface area (TPSA) is 61.3 Å². The second-order valence-electron chi connectivity index (χ2n) is 2.77. The fourth-order valence-corrected chi connectivity index (χ4v) is 1.31. The van der Waals surface area contributed by atoms with Crippen molar-refractivity contribution >= 4 is 5.69 Å². The van der Waals surface area contributed by atoms with Crippen LogP contribution in [-0.4, -0.2) is 12.1 Å². The minimum Gasteiger partial charge on any atom is -0.494 e. The van der Waals surface area contributed by atoms with Gasteiger partial charge in [0.05, 0.1) is 24.6 Å². The van der Waals surface area contributed by atoms with Crippen LogP contribution in [0.2, 0.25) is 0 Å². The van der Waals surface area contributed by atoms with Crippen LogP contribution in [0.4, 0.5) is 5.69 Å². The van der Waals surface area contributed by atoms with Crippen molar-refractivity contribution in [1.82, 2.24) is 4.98 Å². The first-order chi connectivity index (χ1) is 6.83. The highest BCUT2D eigenvalue weighted by atomic mass is 16.5. The first kappa shape index (κ1) is 8.62. The molecular formula is C10H10N2O2. The van der Waals surface area contributed by atoms with Crippen LogP contribution in [0.3, 0.4) is 0 Å². The summed E-state index contributed by atoms with van der Waals surface area (Å²) in [5.41, 5.74) is 7.08. The number of ether oxygens (including phenoxy) is 1. The summed E-state index contributed by atoms with van der Waals surface area (Å²) in [5.74, 6) is 1.10. The smallest absolute Gasteiger partial charge is 0.229 e. The molecule has 2 aromatic rings. The average Bonchev–Trinajstić information content (AvgIpc) is 2.70. The van der Waals surface area contributed by atoms with E-state index in [4.69, 9.17) is 14.9 Å². The maximum atomic E-state index is 5.74. The first-order valence-corrected chi connectivity index (χ1v) is 4.15. The largest absolute Gasteiger partial charge is 0.494 e. The van der Waals surface area contributed by atoms with Crippen LogP contribution in [0.25, 0.3) is 11.5 Å². The molecule has 0 saturated heterocycles. The lowest BCUT2D eigenvalue weighted by atomic mass is 10.1. The zero-order valence-electron chi connectivity index (χ0n) is 7.73. The number of nitrogen functional groups attached to an aromatic ring is 1. The van der Waals surface area contributed by atoms with E-state index in [0.717, 1.165) is 5.56 Å². The lowest BCUT2D eigenvalue weighted by Crippen LogP contribution is -1.94. The molecule has 1 aromatic carbocycles. The van der Waals surface area contributed by atoms with Crippen molar-refractivity contribution in [2.75, 3.05) is 12.8 Å². The molecule has 0 saturated carbocycles. The van der Waals surface area contributed by atoms with E-state index in [0.29, 0.717) is 17.3 Å². The molecule has 0 amide bonds. The van der Waals surface area contributed by atoms with Gasteiger partial charge in [0.1, 0.15) is 6.26 Å². The van der Waals surface area contributed by atoms with Crippen molar-refractivity contribution in [3.63, 3.8) is 0 Å². The highest BCUT2D eigenvalue weighted by Gasteiger charge is 2.11. The minimum atomic E-state index is 0.508. The van der Waals surface area contributed by atoms with Crippen LogP contribution >= 0.6 is 0 Å². The van der Waals surface area contributed by atoms with E-state index in [1.165, 1.54) is 6.26 Å². The summed E-state index contributed by atoms with van der Waals surface area (Å²) in [6, 6.07) is 5.45. The van der Waals surface area contributed by atoms with E-state index >= 15 is 0 Å². The van der Waals surface area contributed by atoms with Gasteiger partial charge in [0.25, 0.3) is 0 Å². The van der Waals surface area contributed by atoms with E-state index in [1.807, 2.05) is 12.1 Å². The third-order valence-electron chi connectivity index (χ3n) is 1.91. The van der Waals surface area contributed by atoms with Gasteiger partial charge in [0.2, 0.25) is 5.89 Å². The molecule has 1 heterocycles. The van der Waals surface area contributed by atoms with E-state index in [2.05, 4.69) is 4.98 Å². The Bertz CT molecular complexity index is 424. The van der Waals surface area contributed by atoms with Crippen molar-refractivity contribution in [2.24, 2.45) is 0 Å². The predicted octanol–water partition coefficient (Wildman–Crippen LogP) is 1.93. The van der Waals surface area contributed by atoms with Gasteiger partial charge >= 0.3 is 0 Å². The van der Waals surface area contributed by atoms with Gasteiger partial charge in [0.15, 0.2) is 5.75 Å². The van der Waals surface area contributed by atoms with E-state index < -0.39 is 0 Å². The molecule has 0 atom stereocenters. The zero-order chi connectivity index (χ0) is 9.97. The van der Waals surface area contributed by atoms with Crippen molar-refractivity contribution in [3.05, 3.63) is 30.7 Å². The van der Waals surface area contributed by atoms with Gasteiger partial charge in [-0.15, -0.1) is 0 Å². The summed E-state index contributed by atoms with van der Waals surface area (Å²) in [4.78, 5) is 4.03. The Balaban J connectivity index is 2.58. The van der Waals surface area contributed by atoms with Gasteiger partial charge in [-0.1, -0.05) is 6.07 Å². The van der Waals surface area contributed by atoms with Crippen LogP contribution in [-0.2, 0) is 0 Å². The number of hydrogen-bond acceptors (Lipinski definition) is 4. The molecule has 72 valence electrons.